The van der Waals surface area contributed by atoms with Crippen molar-refractivity contribution in [3.8, 4) is 0 Å². The molecule has 0 spiro atoms. The minimum absolute atomic E-state index is 0.0366. The van der Waals surface area contributed by atoms with Crippen molar-refractivity contribution in [2.24, 2.45) is 5.73 Å². The van der Waals surface area contributed by atoms with Crippen molar-refractivity contribution < 1.29 is 14.4 Å². The lowest BCUT2D eigenvalue weighted by atomic mass is 9.84. The maximum atomic E-state index is 12.9. The highest BCUT2D eigenvalue weighted by Crippen LogP contribution is 2.30. The average molecular weight is 304 g/mol. The van der Waals surface area contributed by atoms with Gasteiger partial charge in [-0.15, -0.1) is 0 Å². The fraction of sp³-hybridized carbons (Fsp3) is 0.250. The quantitative estimate of drug-likeness (QED) is 0.656. The van der Waals surface area contributed by atoms with Gasteiger partial charge in [0.05, 0.1) is 11.0 Å². The van der Waals surface area contributed by atoms with Crippen LogP contribution in [-0.2, 0) is 6.42 Å². The molecule has 2 unspecified atom stereocenters. The van der Waals surface area contributed by atoms with Crippen molar-refractivity contribution in [1.82, 2.24) is 0 Å². The fourth-order valence-electron chi connectivity index (χ4n) is 2.37. The van der Waals surface area contributed by atoms with Crippen molar-refractivity contribution >= 4 is 5.69 Å². The number of nitro groups is 1. The SMILES string of the molecule is CC(N)(Cc1ccccc1[N+](=O)[O-])C(O)c1ccc(F)cc1. The van der Waals surface area contributed by atoms with Gasteiger partial charge in [0.1, 0.15) is 5.82 Å². The van der Waals surface area contributed by atoms with Crippen molar-refractivity contribution in [2.75, 3.05) is 0 Å². The Labute approximate surface area is 127 Å². The number of hydrogen-bond acceptors (Lipinski definition) is 4. The van der Waals surface area contributed by atoms with E-state index in [1.54, 1.807) is 25.1 Å². The van der Waals surface area contributed by atoms with Crippen LogP contribution in [0.15, 0.2) is 48.5 Å². The third-order valence-electron chi connectivity index (χ3n) is 3.57. The molecule has 0 aliphatic heterocycles. The summed E-state index contributed by atoms with van der Waals surface area (Å²) in [6.07, 6.45) is -0.962. The molecule has 0 heterocycles. The van der Waals surface area contributed by atoms with E-state index in [0.717, 1.165) is 0 Å². The molecule has 2 aromatic carbocycles. The number of halogens is 1. The second-order valence-corrected chi connectivity index (χ2v) is 5.52. The number of para-hydroxylation sites is 1. The normalized spacial score (nSPS) is 15.1. The number of nitrogens with two attached hydrogens (primary N) is 1. The van der Waals surface area contributed by atoms with Crippen LogP contribution in [0.4, 0.5) is 10.1 Å². The van der Waals surface area contributed by atoms with E-state index in [-0.39, 0.29) is 12.1 Å². The van der Waals surface area contributed by atoms with Gasteiger partial charge in [-0.25, -0.2) is 4.39 Å². The van der Waals surface area contributed by atoms with E-state index in [2.05, 4.69) is 0 Å². The van der Waals surface area contributed by atoms with E-state index < -0.39 is 22.4 Å². The minimum Gasteiger partial charge on any atom is -0.386 e. The van der Waals surface area contributed by atoms with Gasteiger partial charge in [-0.1, -0.05) is 30.3 Å². The number of hydrogen-bond donors (Lipinski definition) is 2. The third kappa shape index (κ3) is 3.47. The Balaban J connectivity index is 2.27. The van der Waals surface area contributed by atoms with E-state index in [1.807, 2.05) is 0 Å². The van der Waals surface area contributed by atoms with Crippen molar-refractivity contribution in [3.63, 3.8) is 0 Å². The molecule has 0 saturated heterocycles. The first-order chi connectivity index (χ1) is 10.3. The molecule has 0 aliphatic rings. The summed E-state index contributed by atoms with van der Waals surface area (Å²) in [5, 5.41) is 21.5. The molecule has 2 aromatic rings. The zero-order valence-electron chi connectivity index (χ0n) is 12.1. The largest absolute Gasteiger partial charge is 0.386 e. The highest BCUT2D eigenvalue weighted by atomic mass is 19.1. The van der Waals surface area contributed by atoms with Gasteiger partial charge in [0.15, 0.2) is 0 Å². The van der Waals surface area contributed by atoms with Gasteiger partial charge >= 0.3 is 0 Å². The summed E-state index contributed by atoms with van der Waals surface area (Å²) >= 11 is 0. The van der Waals surface area contributed by atoms with E-state index in [0.29, 0.717) is 11.1 Å². The van der Waals surface area contributed by atoms with Gasteiger partial charge in [-0.3, -0.25) is 10.1 Å². The second-order valence-electron chi connectivity index (χ2n) is 5.52. The average Bonchev–Trinajstić information content (AvgIpc) is 2.47. The van der Waals surface area contributed by atoms with Crippen molar-refractivity contribution in [3.05, 3.63) is 75.6 Å². The van der Waals surface area contributed by atoms with Crippen LogP contribution in [0.3, 0.4) is 0 Å². The first-order valence-corrected chi connectivity index (χ1v) is 6.76. The molecule has 0 saturated carbocycles. The molecule has 2 atom stereocenters. The monoisotopic (exact) mass is 304 g/mol. The lowest BCUT2D eigenvalue weighted by molar-refractivity contribution is -0.385. The highest BCUT2D eigenvalue weighted by molar-refractivity contribution is 5.41. The van der Waals surface area contributed by atoms with Gasteiger partial charge in [-0.2, -0.15) is 0 Å². The van der Waals surface area contributed by atoms with Crippen molar-refractivity contribution in [2.45, 2.75) is 25.0 Å². The zero-order chi connectivity index (χ0) is 16.3. The molecule has 2 rings (SSSR count). The van der Waals surface area contributed by atoms with E-state index in [1.165, 1.54) is 30.3 Å². The number of rotatable bonds is 5. The van der Waals surface area contributed by atoms with Gasteiger partial charge in [-0.05, 0) is 31.0 Å². The van der Waals surface area contributed by atoms with Crippen LogP contribution in [0, 0.1) is 15.9 Å². The second kappa shape index (κ2) is 6.21. The predicted molar refractivity (Wildman–Crippen MR) is 80.8 cm³/mol. The summed E-state index contributed by atoms with van der Waals surface area (Å²) in [4.78, 5) is 10.6. The van der Waals surface area contributed by atoms with Crippen LogP contribution in [0.2, 0.25) is 0 Å². The zero-order valence-corrected chi connectivity index (χ0v) is 12.1. The van der Waals surface area contributed by atoms with Gasteiger partial charge < -0.3 is 10.8 Å². The lowest BCUT2D eigenvalue weighted by Crippen LogP contribution is -2.45. The van der Waals surface area contributed by atoms with E-state index >= 15 is 0 Å². The standard InChI is InChI=1S/C16H17FN2O3/c1-16(18,15(20)11-6-8-13(17)9-7-11)10-12-4-2-3-5-14(12)19(21)22/h2-9,15,20H,10,18H2,1H3. The molecule has 5 nitrogen and oxygen atoms in total. The summed E-state index contributed by atoms with van der Waals surface area (Å²) in [6, 6.07) is 11.6. The van der Waals surface area contributed by atoms with Gasteiger partial charge in [0, 0.05) is 17.2 Å². The van der Waals surface area contributed by atoms with Crippen LogP contribution in [0.25, 0.3) is 0 Å². The minimum atomic E-state index is -1.13. The maximum absolute atomic E-state index is 12.9. The highest BCUT2D eigenvalue weighted by Gasteiger charge is 2.32. The molecule has 6 heteroatoms. The molecule has 22 heavy (non-hydrogen) atoms. The number of nitro benzene ring substituents is 1. The predicted octanol–water partition coefficient (Wildman–Crippen LogP) is 2.73. The van der Waals surface area contributed by atoms with Gasteiger partial charge in [0.2, 0.25) is 0 Å². The molecular formula is C16H17FN2O3. The van der Waals surface area contributed by atoms with Crippen LogP contribution < -0.4 is 5.73 Å². The summed E-state index contributed by atoms with van der Waals surface area (Å²) < 4.78 is 12.9. The molecule has 0 amide bonds. The number of aliphatic hydroxyl groups is 1. The van der Waals surface area contributed by atoms with Crippen LogP contribution >= 0.6 is 0 Å². The Kier molecular flexibility index (Phi) is 4.54. The molecule has 116 valence electrons. The number of aliphatic hydroxyl groups excluding tert-OH is 1. The number of nitrogens with zero attached hydrogens (tertiary/aromatic N) is 1. The first-order valence-electron chi connectivity index (χ1n) is 6.76. The summed E-state index contributed by atoms with van der Waals surface area (Å²) in [6.45, 7) is 1.61. The van der Waals surface area contributed by atoms with Crippen LogP contribution in [0.5, 0.6) is 0 Å². The van der Waals surface area contributed by atoms with Crippen LogP contribution in [0.1, 0.15) is 24.2 Å². The Bertz CT molecular complexity index is 671. The van der Waals surface area contributed by atoms with Crippen LogP contribution in [-0.4, -0.2) is 15.6 Å². The smallest absolute Gasteiger partial charge is 0.272 e. The Hall–Kier alpha value is -2.31. The molecule has 0 aromatic heterocycles. The molecule has 0 fully saturated rings. The molecule has 0 aliphatic carbocycles. The van der Waals surface area contributed by atoms with Gasteiger partial charge in [0.25, 0.3) is 5.69 Å². The Morgan fingerprint density at radius 3 is 2.45 bits per heavy atom. The molecule has 3 N–H and O–H groups in total. The lowest BCUT2D eigenvalue weighted by Gasteiger charge is -2.30. The van der Waals surface area contributed by atoms with E-state index in [4.69, 9.17) is 5.73 Å². The first kappa shape index (κ1) is 16.1. The summed E-state index contributed by atoms with van der Waals surface area (Å²) in [5.74, 6) is -0.409. The third-order valence-corrected chi connectivity index (χ3v) is 3.57. The summed E-state index contributed by atoms with van der Waals surface area (Å²) in [7, 11) is 0. The molecule has 0 radical (unpaired) electrons. The maximum Gasteiger partial charge on any atom is 0.272 e. The van der Waals surface area contributed by atoms with Crippen molar-refractivity contribution in [1.29, 1.82) is 0 Å². The fourth-order valence-corrected chi connectivity index (χ4v) is 2.37. The number of benzene rings is 2. The Morgan fingerprint density at radius 2 is 1.86 bits per heavy atom. The molecule has 0 bridgehead atoms. The Morgan fingerprint density at radius 1 is 1.27 bits per heavy atom. The topological polar surface area (TPSA) is 89.4 Å². The molecular weight excluding hydrogens is 287 g/mol. The van der Waals surface area contributed by atoms with E-state index in [9.17, 15) is 19.6 Å². The summed E-state index contributed by atoms with van der Waals surface area (Å²) in [5.41, 5.74) is 5.90.